The van der Waals surface area contributed by atoms with Gasteiger partial charge in [-0.25, -0.2) is 0 Å². The molecule has 0 saturated heterocycles. The van der Waals surface area contributed by atoms with E-state index in [9.17, 15) is 0 Å². The fourth-order valence-electron chi connectivity index (χ4n) is 1.98. The quantitative estimate of drug-likeness (QED) is 0.608. The number of nitrogens with one attached hydrogen (secondary N) is 2. The van der Waals surface area contributed by atoms with Crippen molar-refractivity contribution in [3.63, 3.8) is 0 Å². The van der Waals surface area contributed by atoms with Crippen LogP contribution in [0.3, 0.4) is 0 Å². The second kappa shape index (κ2) is 7.32. The second-order valence-electron chi connectivity index (χ2n) is 4.62. The minimum absolute atomic E-state index is 0.525. The Bertz CT molecular complexity index is 581. The Labute approximate surface area is 133 Å². The zero-order valence-electron chi connectivity index (χ0n) is 11.1. The molecule has 1 aromatic carbocycles. The first-order valence-electron chi connectivity index (χ1n) is 6.41. The molecule has 0 saturated carbocycles. The Balaban J connectivity index is 1.79. The van der Waals surface area contributed by atoms with Gasteiger partial charge in [-0.05, 0) is 44.0 Å². The molecule has 108 valence electrons. The molecule has 0 aliphatic heterocycles. The molecule has 0 radical (unpaired) electrons. The highest BCUT2D eigenvalue weighted by Gasteiger charge is 2.09. The lowest BCUT2D eigenvalue weighted by molar-refractivity contribution is 0.649. The van der Waals surface area contributed by atoms with E-state index >= 15 is 0 Å². The van der Waals surface area contributed by atoms with Gasteiger partial charge in [-0.15, -0.1) is 0 Å². The standard InChI is InChI=1S/C14H16Cl3N3/c1-9-10(7-19-20-9)3-2-6-18-8-11-12(15)4-5-13(16)14(11)17/h4-5,7,18H,2-3,6,8H2,1H3,(H,19,20). The summed E-state index contributed by atoms with van der Waals surface area (Å²) in [5, 5.41) is 12.0. The minimum atomic E-state index is 0.525. The van der Waals surface area contributed by atoms with Crippen LogP contribution in [0, 0.1) is 6.92 Å². The molecule has 0 aliphatic carbocycles. The summed E-state index contributed by atoms with van der Waals surface area (Å²) in [6.07, 6.45) is 3.89. The molecule has 0 unspecified atom stereocenters. The van der Waals surface area contributed by atoms with Gasteiger partial charge in [0.05, 0.1) is 16.2 Å². The van der Waals surface area contributed by atoms with Crippen LogP contribution in [-0.4, -0.2) is 16.7 Å². The van der Waals surface area contributed by atoms with Gasteiger partial charge in [0.25, 0.3) is 0 Å². The van der Waals surface area contributed by atoms with E-state index in [-0.39, 0.29) is 0 Å². The number of hydrogen-bond donors (Lipinski definition) is 2. The zero-order valence-corrected chi connectivity index (χ0v) is 13.4. The van der Waals surface area contributed by atoms with Crippen molar-refractivity contribution in [3.05, 3.63) is 50.2 Å². The van der Waals surface area contributed by atoms with Crippen LogP contribution >= 0.6 is 34.8 Å². The number of aromatic amines is 1. The van der Waals surface area contributed by atoms with Crippen LogP contribution in [0.2, 0.25) is 15.1 Å². The van der Waals surface area contributed by atoms with Crippen LogP contribution in [0.5, 0.6) is 0 Å². The summed E-state index contributed by atoms with van der Waals surface area (Å²) in [4.78, 5) is 0. The summed E-state index contributed by atoms with van der Waals surface area (Å²) < 4.78 is 0. The Morgan fingerprint density at radius 3 is 2.65 bits per heavy atom. The molecule has 1 heterocycles. The molecule has 1 aromatic heterocycles. The molecular weight excluding hydrogens is 317 g/mol. The normalized spacial score (nSPS) is 11.0. The largest absolute Gasteiger partial charge is 0.313 e. The van der Waals surface area contributed by atoms with Crippen LogP contribution in [0.15, 0.2) is 18.3 Å². The third-order valence-corrected chi connectivity index (χ3v) is 4.37. The van der Waals surface area contributed by atoms with E-state index in [1.165, 1.54) is 5.56 Å². The first kappa shape index (κ1) is 15.6. The smallest absolute Gasteiger partial charge is 0.0652 e. The molecule has 0 amide bonds. The molecule has 6 heteroatoms. The van der Waals surface area contributed by atoms with Crippen molar-refractivity contribution in [2.24, 2.45) is 0 Å². The average Bonchev–Trinajstić information content (AvgIpc) is 2.83. The summed E-state index contributed by atoms with van der Waals surface area (Å²) >= 11 is 18.2. The number of H-pyrrole nitrogens is 1. The van der Waals surface area contributed by atoms with Gasteiger partial charge in [-0.3, -0.25) is 5.10 Å². The van der Waals surface area contributed by atoms with Crippen molar-refractivity contribution in [1.29, 1.82) is 0 Å². The monoisotopic (exact) mass is 331 g/mol. The summed E-state index contributed by atoms with van der Waals surface area (Å²) in [7, 11) is 0. The predicted octanol–water partition coefficient (Wildman–Crippen LogP) is 4.40. The zero-order chi connectivity index (χ0) is 14.5. The summed E-state index contributed by atoms with van der Waals surface area (Å²) in [5.74, 6) is 0. The van der Waals surface area contributed by atoms with Gasteiger partial charge in [-0.1, -0.05) is 34.8 Å². The summed E-state index contributed by atoms with van der Waals surface area (Å²) in [6.45, 7) is 3.52. The molecule has 2 aromatic rings. The molecule has 0 fully saturated rings. The van der Waals surface area contributed by atoms with Gasteiger partial charge >= 0.3 is 0 Å². The van der Waals surface area contributed by atoms with E-state index in [1.54, 1.807) is 12.1 Å². The lowest BCUT2D eigenvalue weighted by Crippen LogP contribution is -2.16. The number of hydrogen-bond acceptors (Lipinski definition) is 2. The SMILES string of the molecule is Cc1[nH]ncc1CCCNCc1c(Cl)ccc(Cl)c1Cl. The molecular formula is C14H16Cl3N3. The lowest BCUT2D eigenvalue weighted by atomic mass is 10.1. The van der Waals surface area contributed by atoms with Crippen molar-refractivity contribution in [3.8, 4) is 0 Å². The highest BCUT2D eigenvalue weighted by Crippen LogP contribution is 2.31. The molecule has 3 nitrogen and oxygen atoms in total. The van der Waals surface area contributed by atoms with Crippen LogP contribution in [-0.2, 0) is 13.0 Å². The molecule has 0 aliphatic rings. The molecule has 2 rings (SSSR count). The first-order chi connectivity index (χ1) is 9.59. The third-order valence-electron chi connectivity index (χ3n) is 3.17. The maximum absolute atomic E-state index is 6.14. The van der Waals surface area contributed by atoms with E-state index in [2.05, 4.69) is 15.5 Å². The maximum Gasteiger partial charge on any atom is 0.0652 e. The van der Waals surface area contributed by atoms with Gasteiger partial charge < -0.3 is 5.32 Å². The molecule has 0 spiro atoms. The Morgan fingerprint density at radius 2 is 1.95 bits per heavy atom. The van der Waals surface area contributed by atoms with Crippen LogP contribution in [0.4, 0.5) is 0 Å². The van der Waals surface area contributed by atoms with E-state index < -0.39 is 0 Å². The topological polar surface area (TPSA) is 40.7 Å². The van der Waals surface area contributed by atoms with Gasteiger partial charge in [0.1, 0.15) is 0 Å². The van der Waals surface area contributed by atoms with Crippen molar-refractivity contribution < 1.29 is 0 Å². The van der Waals surface area contributed by atoms with E-state index in [4.69, 9.17) is 34.8 Å². The van der Waals surface area contributed by atoms with Crippen molar-refractivity contribution >= 4 is 34.8 Å². The Hall–Kier alpha value is -0.740. The summed E-state index contributed by atoms with van der Waals surface area (Å²) in [6, 6.07) is 3.47. The van der Waals surface area contributed by atoms with Crippen LogP contribution < -0.4 is 5.32 Å². The fourth-order valence-corrected chi connectivity index (χ4v) is 2.66. The molecule has 2 N–H and O–H groups in total. The van der Waals surface area contributed by atoms with E-state index in [0.29, 0.717) is 21.6 Å². The van der Waals surface area contributed by atoms with Gasteiger partial charge in [-0.2, -0.15) is 5.10 Å². The van der Waals surface area contributed by atoms with Crippen molar-refractivity contribution in [2.75, 3.05) is 6.54 Å². The minimum Gasteiger partial charge on any atom is -0.313 e. The molecule has 0 bridgehead atoms. The van der Waals surface area contributed by atoms with Gasteiger partial charge in [0, 0.05) is 22.8 Å². The fraction of sp³-hybridized carbons (Fsp3) is 0.357. The molecule has 20 heavy (non-hydrogen) atoms. The van der Waals surface area contributed by atoms with Crippen LogP contribution in [0.25, 0.3) is 0 Å². The van der Waals surface area contributed by atoms with Crippen LogP contribution in [0.1, 0.15) is 23.2 Å². The van der Waals surface area contributed by atoms with Crippen molar-refractivity contribution in [2.45, 2.75) is 26.3 Å². The highest BCUT2D eigenvalue weighted by atomic mass is 35.5. The number of nitrogens with zero attached hydrogens (tertiary/aromatic N) is 1. The number of halogens is 3. The molecule has 0 atom stereocenters. The Kier molecular flexibility index (Phi) is 5.73. The van der Waals surface area contributed by atoms with Crippen molar-refractivity contribution in [1.82, 2.24) is 15.5 Å². The summed E-state index contributed by atoms with van der Waals surface area (Å²) in [5.41, 5.74) is 3.23. The first-order valence-corrected chi connectivity index (χ1v) is 7.55. The number of aromatic nitrogens is 2. The third kappa shape index (κ3) is 3.89. The maximum atomic E-state index is 6.14. The van der Waals surface area contributed by atoms with Gasteiger partial charge in [0.2, 0.25) is 0 Å². The van der Waals surface area contributed by atoms with Gasteiger partial charge in [0.15, 0.2) is 0 Å². The number of aryl methyl sites for hydroxylation is 2. The van der Waals surface area contributed by atoms with E-state index in [1.807, 2.05) is 13.1 Å². The second-order valence-corrected chi connectivity index (χ2v) is 5.81. The number of benzene rings is 1. The highest BCUT2D eigenvalue weighted by molar-refractivity contribution is 6.44. The lowest BCUT2D eigenvalue weighted by Gasteiger charge is -2.09. The predicted molar refractivity (Wildman–Crippen MR) is 84.8 cm³/mol. The van der Waals surface area contributed by atoms with E-state index in [0.717, 1.165) is 30.6 Å². The average molecular weight is 333 g/mol. The number of rotatable bonds is 6. The Morgan fingerprint density at radius 1 is 1.20 bits per heavy atom.